The van der Waals surface area contributed by atoms with Crippen LogP contribution < -0.4 is 21.7 Å². The first-order valence-electron chi connectivity index (χ1n) is 8.12. The summed E-state index contributed by atoms with van der Waals surface area (Å²) in [5.74, 6) is -0.669. The maximum absolute atomic E-state index is 12.1. The van der Waals surface area contributed by atoms with E-state index in [0.717, 1.165) is 18.5 Å². The molecule has 2 atom stereocenters. The number of rotatable bonds is 5. The average Bonchev–Trinajstić information content (AvgIpc) is 3.32. The second-order valence-electron chi connectivity index (χ2n) is 5.81. The van der Waals surface area contributed by atoms with Gasteiger partial charge in [0, 0.05) is 11.6 Å². The number of hydrogen-bond donors (Lipinski definition) is 4. The molecule has 132 valence electrons. The van der Waals surface area contributed by atoms with Crippen LogP contribution in [0.2, 0.25) is 0 Å². The number of tetrazole rings is 1. The highest BCUT2D eigenvalue weighted by Crippen LogP contribution is 2.10. The van der Waals surface area contributed by atoms with Crippen molar-refractivity contribution in [2.75, 3.05) is 0 Å². The molecular formula is C15H20N8O2. The van der Waals surface area contributed by atoms with Crippen molar-refractivity contribution in [3.63, 3.8) is 0 Å². The molecule has 2 heterocycles. The molecule has 1 fully saturated rings. The van der Waals surface area contributed by atoms with Gasteiger partial charge in [-0.25, -0.2) is 10.1 Å². The zero-order chi connectivity index (χ0) is 17.6. The Hall–Kier alpha value is -2.85. The molecule has 2 aromatic rings. The number of benzene rings is 1. The van der Waals surface area contributed by atoms with E-state index in [1.807, 2.05) is 0 Å². The molecule has 1 aliphatic heterocycles. The van der Waals surface area contributed by atoms with Gasteiger partial charge in [-0.2, -0.15) is 0 Å². The molecule has 0 aliphatic carbocycles. The fourth-order valence-electron chi connectivity index (χ4n) is 2.65. The van der Waals surface area contributed by atoms with Gasteiger partial charge in [-0.3, -0.25) is 25.9 Å². The second-order valence-corrected chi connectivity index (χ2v) is 5.81. The minimum Gasteiger partial charge on any atom is -0.271 e. The molecule has 0 spiro atoms. The van der Waals surface area contributed by atoms with Gasteiger partial charge in [0.25, 0.3) is 11.8 Å². The summed E-state index contributed by atoms with van der Waals surface area (Å²) < 4.78 is 1.48. The van der Waals surface area contributed by atoms with Crippen molar-refractivity contribution in [2.45, 2.75) is 38.3 Å². The first-order chi connectivity index (χ1) is 12.2. The third kappa shape index (κ3) is 4.17. The van der Waals surface area contributed by atoms with Crippen molar-refractivity contribution in [3.05, 3.63) is 36.2 Å². The Morgan fingerprint density at radius 3 is 2.72 bits per heavy atom. The molecule has 1 saturated heterocycles. The van der Waals surface area contributed by atoms with E-state index >= 15 is 0 Å². The molecule has 3 rings (SSSR count). The lowest BCUT2D eigenvalue weighted by molar-refractivity contribution is -0.123. The van der Waals surface area contributed by atoms with Crippen molar-refractivity contribution in [1.29, 1.82) is 0 Å². The van der Waals surface area contributed by atoms with Crippen LogP contribution in [0.15, 0.2) is 30.6 Å². The van der Waals surface area contributed by atoms with E-state index in [1.165, 1.54) is 11.0 Å². The summed E-state index contributed by atoms with van der Waals surface area (Å²) in [4.78, 5) is 24.2. The van der Waals surface area contributed by atoms with Gasteiger partial charge in [-0.15, -0.1) is 5.10 Å². The lowest BCUT2D eigenvalue weighted by Crippen LogP contribution is -2.50. The Morgan fingerprint density at radius 2 is 2.04 bits per heavy atom. The minimum atomic E-state index is -0.396. The number of hydrazine groups is 2. The van der Waals surface area contributed by atoms with Gasteiger partial charge >= 0.3 is 0 Å². The highest BCUT2D eigenvalue weighted by atomic mass is 16.2. The van der Waals surface area contributed by atoms with Gasteiger partial charge in [0.1, 0.15) is 12.4 Å². The molecule has 1 aromatic heterocycles. The van der Waals surface area contributed by atoms with Crippen molar-refractivity contribution in [1.82, 2.24) is 41.9 Å². The summed E-state index contributed by atoms with van der Waals surface area (Å²) in [6.07, 6.45) is 4.20. The maximum atomic E-state index is 12.1. The predicted octanol–water partition coefficient (Wildman–Crippen LogP) is -0.541. The van der Waals surface area contributed by atoms with E-state index in [1.54, 1.807) is 24.3 Å². The quantitative estimate of drug-likeness (QED) is 0.537. The molecular weight excluding hydrogens is 324 g/mol. The highest BCUT2D eigenvalue weighted by molar-refractivity contribution is 5.96. The smallest absolute Gasteiger partial charge is 0.269 e. The van der Waals surface area contributed by atoms with Crippen molar-refractivity contribution in [3.8, 4) is 5.69 Å². The zero-order valence-corrected chi connectivity index (χ0v) is 13.8. The molecule has 10 heteroatoms. The van der Waals surface area contributed by atoms with Gasteiger partial charge in [0.15, 0.2) is 0 Å². The number of amides is 2. The van der Waals surface area contributed by atoms with E-state index < -0.39 is 5.91 Å². The molecule has 1 aliphatic rings. The molecule has 0 saturated carbocycles. The summed E-state index contributed by atoms with van der Waals surface area (Å²) in [5, 5.41) is 10.9. The topological polar surface area (TPSA) is 126 Å². The molecule has 0 radical (unpaired) electrons. The number of aromatic nitrogens is 4. The van der Waals surface area contributed by atoms with Crippen LogP contribution in [0.4, 0.5) is 0 Å². The van der Waals surface area contributed by atoms with Crippen LogP contribution in [0, 0.1) is 0 Å². The Bertz CT molecular complexity index is 716. The van der Waals surface area contributed by atoms with Crippen LogP contribution in [0.1, 0.15) is 36.5 Å². The number of nitrogens with one attached hydrogen (secondary N) is 4. The predicted molar refractivity (Wildman–Crippen MR) is 88.1 cm³/mol. The largest absolute Gasteiger partial charge is 0.271 e. The molecule has 0 bridgehead atoms. The van der Waals surface area contributed by atoms with Crippen LogP contribution in [0.3, 0.4) is 0 Å². The van der Waals surface area contributed by atoms with E-state index in [0.29, 0.717) is 12.0 Å². The zero-order valence-electron chi connectivity index (χ0n) is 13.8. The van der Waals surface area contributed by atoms with Gasteiger partial charge in [-0.05, 0) is 47.5 Å². The molecule has 25 heavy (non-hydrogen) atoms. The van der Waals surface area contributed by atoms with E-state index in [2.05, 4.69) is 44.2 Å². The number of carbonyl (C=O) groups is 2. The fraction of sp³-hybridized carbons (Fsp3) is 0.400. The Morgan fingerprint density at radius 1 is 1.24 bits per heavy atom. The van der Waals surface area contributed by atoms with Crippen LogP contribution in [-0.2, 0) is 4.79 Å². The lowest BCUT2D eigenvalue weighted by atomic mass is 10.1. The molecule has 2 amide bonds. The monoisotopic (exact) mass is 344 g/mol. The summed E-state index contributed by atoms with van der Waals surface area (Å²) in [6.45, 7) is 2.10. The van der Waals surface area contributed by atoms with E-state index in [-0.39, 0.29) is 18.0 Å². The molecule has 1 aromatic carbocycles. The Balaban J connectivity index is 1.50. The first kappa shape index (κ1) is 17.0. The molecule has 2 unspecified atom stereocenters. The van der Waals surface area contributed by atoms with Crippen LogP contribution in [-0.4, -0.2) is 44.1 Å². The van der Waals surface area contributed by atoms with E-state index in [4.69, 9.17) is 0 Å². The van der Waals surface area contributed by atoms with Gasteiger partial charge < -0.3 is 0 Å². The van der Waals surface area contributed by atoms with Crippen molar-refractivity contribution in [2.24, 2.45) is 0 Å². The summed E-state index contributed by atoms with van der Waals surface area (Å²) in [5.41, 5.74) is 12.0. The van der Waals surface area contributed by atoms with Gasteiger partial charge in [-0.1, -0.05) is 13.3 Å². The number of carbonyl (C=O) groups excluding carboxylic acids is 2. The second kappa shape index (κ2) is 7.81. The lowest BCUT2D eigenvalue weighted by Gasteiger charge is -2.11. The van der Waals surface area contributed by atoms with Crippen molar-refractivity contribution >= 4 is 11.8 Å². The minimum absolute atomic E-state index is 0.273. The highest BCUT2D eigenvalue weighted by Gasteiger charge is 2.28. The molecule has 10 nitrogen and oxygen atoms in total. The normalized spacial score (nSPS) is 19.6. The standard InChI is InChI=1S/C15H20N8O2/c1-2-3-11-8-13(18-17-11)15(25)20-19-14(24)10-4-6-12(7-5-10)23-9-16-21-22-23/h4-7,9,11,13,17-18H,2-3,8H2,1H3,(H,19,24)(H,20,25). The van der Waals surface area contributed by atoms with E-state index in [9.17, 15) is 9.59 Å². The fourth-order valence-corrected chi connectivity index (χ4v) is 2.65. The number of nitrogens with zero attached hydrogens (tertiary/aromatic N) is 4. The summed E-state index contributed by atoms with van der Waals surface area (Å²) in [6, 6.07) is 6.60. The van der Waals surface area contributed by atoms with Crippen LogP contribution in [0.5, 0.6) is 0 Å². The van der Waals surface area contributed by atoms with Crippen LogP contribution >= 0.6 is 0 Å². The van der Waals surface area contributed by atoms with Crippen molar-refractivity contribution < 1.29 is 9.59 Å². The van der Waals surface area contributed by atoms with Crippen LogP contribution in [0.25, 0.3) is 5.69 Å². The first-order valence-corrected chi connectivity index (χ1v) is 8.12. The van der Waals surface area contributed by atoms with Gasteiger partial charge in [0.2, 0.25) is 0 Å². The Labute approximate surface area is 144 Å². The summed E-state index contributed by atoms with van der Waals surface area (Å²) >= 11 is 0. The molecule has 4 N–H and O–H groups in total. The summed E-state index contributed by atoms with van der Waals surface area (Å²) in [7, 11) is 0. The van der Waals surface area contributed by atoms with Gasteiger partial charge in [0.05, 0.1) is 5.69 Å². The Kier molecular flexibility index (Phi) is 5.31. The third-order valence-electron chi connectivity index (χ3n) is 3.98. The maximum Gasteiger partial charge on any atom is 0.269 e. The number of hydrogen-bond acceptors (Lipinski definition) is 7. The average molecular weight is 344 g/mol. The SMILES string of the molecule is CCCC1CC(C(=O)NNC(=O)c2ccc(-n3cnnn3)cc2)NN1. The third-order valence-corrected chi connectivity index (χ3v) is 3.98.